The Morgan fingerprint density at radius 3 is 2.44 bits per heavy atom. The molecule has 1 aromatic heterocycles. The summed E-state index contributed by atoms with van der Waals surface area (Å²) >= 11 is 1.48. The third-order valence-corrected chi connectivity index (χ3v) is 5.89. The second-order valence-electron chi connectivity index (χ2n) is 7.24. The van der Waals surface area contributed by atoms with Crippen LogP contribution in [-0.4, -0.2) is 46.3 Å². The molecule has 3 rings (SSSR count). The third kappa shape index (κ3) is 5.28. The second kappa shape index (κ2) is 9.83. The Balaban J connectivity index is 1.54. The van der Waals surface area contributed by atoms with Crippen LogP contribution in [0.15, 0.2) is 30.3 Å². The molecule has 27 heavy (non-hydrogen) atoms. The molecule has 1 aliphatic heterocycles. The number of hydrogen-bond acceptors (Lipinski definition) is 5. The molecule has 0 unspecified atom stereocenters. The van der Waals surface area contributed by atoms with Crippen LogP contribution in [0.1, 0.15) is 50.9 Å². The summed E-state index contributed by atoms with van der Waals surface area (Å²) in [6.45, 7) is 7.82. The second-order valence-corrected chi connectivity index (χ2v) is 7.97. The number of aromatic nitrogens is 2. The van der Waals surface area contributed by atoms with Gasteiger partial charge in [0, 0.05) is 50.1 Å². The molecule has 5 nitrogen and oxygen atoms in total. The van der Waals surface area contributed by atoms with Gasteiger partial charge in [-0.25, -0.2) is 4.98 Å². The fourth-order valence-corrected chi connectivity index (χ4v) is 4.41. The quantitative estimate of drug-likeness (QED) is 0.688. The van der Waals surface area contributed by atoms with Crippen LogP contribution >= 0.6 is 11.5 Å². The molecule has 0 aliphatic carbocycles. The highest BCUT2D eigenvalue weighted by Gasteiger charge is 2.29. The van der Waals surface area contributed by atoms with E-state index in [4.69, 9.17) is 4.98 Å². The Morgan fingerprint density at radius 1 is 1.15 bits per heavy atom. The van der Waals surface area contributed by atoms with Crippen LogP contribution < -0.4 is 4.90 Å². The highest BCUT2D eigenvalue weighted by Crippen LogP contribution is 2.26. The lowest BCUT2D eigenvalue weighted by atomic mass is 9.95. The van der Waals surface area contributed by atoms with E-state index >= 15 is 0 Å². The van der Waals surface area contributed by atoms with E-state index in [0.29, 0.717) is 5.91 Å². The van der Waals surface area contributed by atoms with Gasteiger partial charge in [-0.05, 0) is 31.2 Å². The Bertz CT molecular complexity index is 704. The summed E-state index contributed by atoms with van der Waals surface area (Å²) < 4.78 is 4.53. The van der Waals surface area contributed by atoms with Crippen molar-refractivity contribution in [3.8, 4) is 0 Å². The van der Waals surface area contributed by atoms with E-state index < -0.39 is 0 Å². The summed E-state index contributed by atoms with van der Waals surface area (Å²) in [5.41, 5.74) is 1.23. The van der Waals surface area contributed by atoms with Crippen molar-refractivity contribution in [3.63, 3.8) is 0 Å². The number of carbonyl (C=O) groups excluding carboxylic acids is 1. The minimum Gasteiger partial charge on any atom is -0.347 e. The molecule has 2 heterocycles. The van der Waals surface area contributed by atoms with Crippen LogP contribution in [0.5, 0.6) is 0 Å². The number of hydrogen-bond donors (Lipinski definition) is 0. The Labute approximate surface area is 166 Å². The highest BCUT2D eigenvalue weighted by atomic mass is 32.1. The van der Waals surface area contributed by atoms with Crippen LogP contribution in [0.3, 0.4) is 0 Å². The molecule has 146 valence electrons. The van der Waals surface area contributed by atoms with Crippen molar-refractivity contribution in [3.05, 3.63) is 41.7 Å². The first-order valence-corrected chi connectivity index (χ1v) is 10.9. The third-order valence-electron chi connectivity index (χ3n) is 5.08. The molecule has 1 aliphatic rings. The van der Waals surface area contributed by atoms with E-state index in [2.05, 4.69) is 40.2 Å². The Hall–Kier alpha value is -1.95. The van der Waals surface area contributed by atoms with Gasteiger partial charge < -0.3 is 9.80 Å². The molecule has 1 amide bonds. The SMILES string of the molecule is CCCN(CCC)C(=O)C1CCN(c2nc(Cc3ccccc3)ns2)CC1. The van der Waals surface area contributed by atoms with Crippen molar-refractivity contribution in [2.45, 2.75) is 46.0 Å². The lowest BCUT2D eigenvalue weighted by molar-refractivity contribution is -0.136. The van der Waals surface area contributed by atoms with Crippen molar-refractivity contribution in [2.24, 2.45) is 5.92 Å². The molecular formula is C21H30N4OS. The Morgan fingerprint density at radius 2 is 1.81 bits per heavy atom. The molecule has 0 radical (unpaired) electrons. The van der Waals surface area contributed by atoms with Gasteiger partial charge in [-0.3, -0.25) is 4.79 Å². The molecule has 0 saturated carbocycles. The molecule has 0 N–H and O–H groups in total. The maximum Gasteiger partial charge on any atom is 0.225 e. The monoisotopic (exact) mass is 386 g/mol. The fraction of sp³-hybridized carbons (Fsp3) is 0.571. The smallest absolute Gasteiger partial charge is 0.225 e. The molecule has 6 heteroatoms. The van der Waals surface area contributed by atoms with Crippen molar-refractivity contribution < 1.29 is 4.79 Å². The van der Waals surface area contributed by atoms with E-state index in [1.807, 2.05) is 18.2 Å². The molecule has 0 bridgehead atoms. The fourth-order valence-electron chi connectivity index (χ4n) is 3.67. The van der Waals surface area contributed by atoms with Crippen molar-refractivity contribution in [1.82, 2.24) is 14.3 Å². The number of carbonyl (C=O) groups is 1. The van der Waals surface area contributed by atoms with E-state index in [9.17, 15) is 4.79 Å². The van der Waals surface area contributed by atoms with Crippen molar-refractivity contribution in [1.29, 1.82) is 0 Å². The topological polar surface area (TPSA) is 49.3 Å². The molecule has 1 fully saturated rings. The minimum atomic E-state index is 0.163. The maximum absolute atomic E-state index is 12.8. The van der Waals surface area contributed by atoms with E-state index in [1.165, 1.54) is 17.1 Å². The molecular weight excluding hydrogens is 356 g/mol. The van der Waals surface area contributed by atoms with Gasteiger partial charge in [0.2, 0.25) is 11.0 Å². The van der Waals surface area contributed by atoms with E-state index in [1.54, 1.807) is 0 Å². The van der Waals surface area contributed by atoms with Crippen LogP contribution in [0.4, 0.5) is 5.13 Å². The van der Waals surface area contributed by atoms with Crippen LogP contribution in [-0.2, 0) is 11.2 Å². The predicted molar refractivity (Wildman–Crippen MR) is 111 cm³/mol. The highest BCUT2D eigenvalue weighted by molar-refractivity contribution is 7.09. The van der Waals surface area contributed by atoms with E-state index in [-0.39, 0.29) is 5.92 Å². The molecule has 1 aromatic carbocycles. The number of anilines is 1. The average molecular weight is 387 g/mol. The molecule has 1 saturated heterocycles. The number of nitrogens with zero attached hydrogens (tertiary/aromatic N) is 4. The summed E-state index contributed by atoms with van der Waals surface area (Å²) in [5, 5.41) is 0.991. The van der Waals surface area contributed by atoms with Gasteiger partial charge in [-0.2, -0.15) is 4.37 Å². The zero-order chi connectivity index (χ0) is 19.1. The van der Waals surface area contributed by atoms with Crippen LogP contribution in [0.25, 0.3) is 0 Å². The van der Waals surface area contributed by atoms with Crippen LogP contribution in [0, 0.1) is 5.92 Å². The molecule has 0 spiro atoms. The Kier molecular flexibility index (Phi) is 7.21. The summed E-state index contributed by atoms with van der Waals surface area (Å²) in [6.07, 6.45) is 4.65. The van der Waals surface area contributed by atoms with Crippen molar-refractivity contribution >= 4 is 22.6 Å². The summed E-state index contributed by atoms with van der Waals surface area (Å²) in [6, 6.07) is 10.3. The van der Waals surface area contributed by atoms with Gasteiger partial charge in [0.25, 0.3) is 0 Å². The number of rotatable bonds is 8. The first-order chi connectivity index (χ1) is 13.2. The van der Waals surface area contributed by atoms with Gasteiger partial charge in [-0.1, -0.05) is 44.2 Å². The van der Waals surface area contributed by atoms with Gasteiger partial charge in [0.1, 0.15) is 5.82 Å². The minimum absolute atomic E-state index is 0.163. The largest absolute Gasteiger partial charge is 0.347 e. The number of benzene rings is 1. The van der Waals surface area contributed by atoms with E-state index in [0.717, 1.165) is 69.2 Å². The summed E-state index contributed by atoms with van der Waals surface area (Å²) in [7, 11) is 0. The zero-order valence-electron chi connectivity index (χ0n) is 16.4. The number of amides is 1. The van der Waals surface area contributed by atoms with Gasteiger partial charge >= 0.3 is 0 Å². The van der Waals surface area contributed by atoms with Crippen molar-refractivity contribution in [2.75, 3.05) is 31.1 Å². The lowest BCUT2D eigenvalue weighted by Gasteiger charge is -2.33. The first kappa shape index (κ1) is 19.8. The average Bonchev–Trinajstić information content (AvgIpc) is 3.17. The number of piperidine rings is 1. The summed E-state index contributed by atoms with van der Waals surface area (Å²) in [5.74, 6) is 1.40. The van der Waals surface area contributed by atoms with Gasteiger partial charge in [0.15, 0.2) is 0 Å². The lowest BCUT2D eigenvalue weighted by Crippen LogP contribution is -2.43. The molecule has 0 atom stereocenters. The standard InChI is InChI=1S/C21H30N4OS/c1-3-12-24(13-4-2)20(26)18-10-14-25(15-11-18)21-22-19(23-27-21)16-17-8-6-5-7-9-17/h5-9,18H,3-4,10-16H2,1-2H3. The predicted octanol–water partition coefficient (Wildman–Crippen LogP) is 3.99. The normalized spacial score (nSPS) is 15.1. The summed E-state index contributed by atoms with van der Waals surface area (Å²) in [4.78, 5) is 21.9. The first-order valence-electron chi connectivity index (χ1n) is 10.1. The maximum atomic E-state index is 12.8. The zero-order valence-corrected chi connectivity index (χ0v) is 17.2. The van der Waals surface area contributed by atoms with Gasteiger partial charge in [-0.15, -0.1) is 0 Å². The van der Waals surface area contributed by atoms with Gasteiger partial charge in [0.05, 0.1) is 0 Å². The molecule has 2 aromatic rings. The van der Waals surface area contributed by atoms with Crippen LogP contribution in [0.2, 0.25) is 0 Å².